The van der Waals surface area contributed by atoms with E-state index in [1.165, 1.54) is 276 Å². The number of rotatable bonds is 64. The van der Waals surface area contributed by atoms with Crippen molar-refractivity contribution < 1.29 is 28.6 Å². The van der Waals surface area contributed by atoms with Crippen LogP contribution in [0.15, 0.2) is 24.3 Å². The molecule has 6 nitrogen and oxygen atoms in total. The molecule has 0 rings (SSSR count). The summed E-state index contributed by atoms with van der Waals surface area (Å²) < 4.78 is 16.8. The van der Waals surface area contributed by atoms with Gasteiger partial charge in [0, 0.05) is 19.3 Å². The number of hydrogen-bond donors (Lipinski definition) is 0. The van der Waals surface area contributed by atoms with Crippen LogP contribution in [-0.4, -0.2) is 37.2 Å². The van der Waals surface area contributed by atoms with Crippen LogP contribution in [0, 0.1) is 0 Å². The molecule has 0 aliphatic carbocycles. The lowest BCUT2D eigenvalue weighted by atomic mass is 10.0. The molecule has 1 atom stereocenters. The van der Waals surface area contributed by atoms with Crippen molar-refractivity contribution >= 4 is 17.9 Å². The van der Waals surface area contributed by atoms with Crippen LogP contribution < -0.4 is 0 Å². The third-order valence-corrected chi connectivity index (χ3v) is 15.7. The van der Waals surface area contributed by atoms with E-state index in [1.807, 2.05) is 0 Å². The number of carbonyl (C=O) groups is 3. The Kier molecular flexibility index (Phi) is 63.6. The van der Waals surface area contributed by atoms with Gasteiger partial charge in [-0.1, -0.05) is 340 Å². The van der Waals surface area contributed by atoms with Gasteiger partial charge in [0.2, 0.25) is 0 Å². The van der Waals surface area contributed by atoms with E-state index < -0.39 is 6.10 Å². The molecule has 0 aromatic rings. The number of esters is 3. The topological polar surface area (TPSA) is 78.9 Å². The van der Waals surface area contributed by atoms with Crippen molar-refractivity contribution in [2.75, 3.05) is 13.2 Å². The largest absolute Gasteiger partial charge is 0.462 e. The van der Waals surface area contributed by atoms with Crippen LogP contribution in [-0.2, 0) is 28.6 Å². The van der Waals surface area contributed by atoms with Crippen LogP contribution in [0.5, 0.6) is 0 Å². The van der Waals surface area contributed by atoms with E-state index in [0.717, 1.165) is 70.6 Å². The summed E-state index contributed by atoms with van der Waals surface area (Å²) in [6.45, 7) is 6.63. The standard InChI is InChI=1S/C70H132O6/c1-4-7-10-13-16-18-20-22-24-26-27-28-29-30-31-32-33-34-35-36-37-38-39-40-41-42-44-45-47-49-51-54-57-60-63-69(72)75-66-67(65-74-68(71)62-59-56-53-15-12-9-6-3)76-70(73)64-61-58-55-52-50-48-46-43-25-23-21-19-17-14-11-8-5-2/h17,19,23,25,67H,4-16,18,20-22,24,26-66H2,1-3H3/b19-17-,25-23-. The van der Waals surface area contributed by atoms with Crippen molar-refractivity contribution in [1.82, 2.24) is 0 Å². The lowest BCUT2D eigenvalue weighted by molar-refractivity contribution is -0.167. The lowest BCUT2D eigenvalue weighted by Gasteiger charge is -2.18. The molecule has 0 bridgehead atoms. The number of allylic oxidation sites excluding steroid dienone is 4. The number of hydrogen-bond acceptors (Lipinski definition) is 6. The van der Waals surface area contributed by atoms with Crippen LogP contribution in [0.1, 0.15) is 387 Å². The van der Waals surface area contributed by atoms with Gasteiger partial charge in [0.15, 0.2) is 6.10 Å². The molecule has 448 valence electrons. The van der Waals surface area contributed by atoms with E-state index in [1.54, 1.807) is 0 Å². The fourth-order valence-corrected chi connectivity index (χ4v) is 10.5. The Hall–Kier alpha value is -2.11. The maximum atomic E-state index is 12.8. The van der Waals surface area contributed by atoms with E-state index >= 15 is 0 Å². The van der Waals surface area contributed by atoms with Gasteiger partial charge >= 0.3 is 17.9 Å². The van der Waals surface area contributed by atoms with Gasteiger partial charge in [-0.3, -0.25) is 14.4 Å². The summed E-state index contributed by atoms with van der Waals surface area (Å²) in [5.41, 5.74) is 0. The Bertz CT molecular complexity index is 1230. The highest BCUT2D eigenvalue weighted by atomic mass is 16.6. The molecule has 0 fully saturated rings. The molecule has 0 spiro atoms. The van der Waals surface area contributed by atoms with Crippen LogP contribution in [0.2, 0.25) is 0 Å². The highest BCUT2D eigenvalue weighted by molar-refractivity contribution is 5.71. The Morgan fingerprint density at radius 1 is 0.263 bits per heavy atom. The normalized spacial score (nSPS) is 12.1. The molecule has 0 saturated heterocycles. The van der Waals surface area contributed by atoms with E-state index in [-0.39, 0.29) is 31.1 Å². The molecule has 0 N–H and O–H groups in total. The van der Waals surface area contributed by atoms with Gasteiger partial charge in [-0.2, -0.15) is 0 Å². The highest BCUT2D eigenvalue weighted by Gasteiger charge is 2.19. The fraction of sp³-hybridized carbons (Fsp3) is 0.900. The summed E-state index contributed by atoms with van der Waals surface area (Å²) in [6.07, 6.45) is 79.7. The van der Waals surface area contributed by atoms with Crippen LogP contribution in [0.3, 0.4) is 0 Å². The molecule has 76 heavy (non-hydrogen) atoms. The molecule has 6 heteroatoms. The molecule has 0 aromatic carbocycles. The van der Waals surface area contributed by atoms with Crippen molar-refractivity contribution in [3.63, 3.8) is 0 Å². The second-order valence-electron chi connectivity index (χ2n) is 23.5. The fourth-order valence-electron chi connectivity index (χ4n) is 10.5. The van der Waals surface area contributed by atoms with Crippen LogP contribution >= 0.6 is 0 Å². The first-order chi connectivity index (χ1) is 37.5. The molecule has 0 radical (unpaired) electrons. The molecule has 0 aromatic heterocycles. The second kappa shape index (κ2) is 65.4. The molecule has 1 unspecified atom stereocenters. The molecule has 0 aliphatic rings. The Labute approximate surface area is 474 Å². The zero-order chi connectivity index (χ0) is 55.0. The van der Waals surface area contributed by atoms with Gasteiger partial charge < -0.3 is 14.2 Å². The van der Waals surface area contributed by atoms with Gasteiger partial charge in [-0.25, -0.2) is 0 Å². The Morgan fingerprint density at radius 3 is 0.750 bits per heavy atom. The summed E-state index contributed by atoms with van der Waals surface area (Å²) in [5.74, 6) is -0.861. The molecule has 0 aliphatic heterocycles. The van der Waals surface area contributed by atoms with Crippen molar-refractivity contribution in [3.05, 3.63) is 24.3 Å². The monoisotopic (exact) mass is 1070 g/mol. The van der Waals surface area contributed by atoms with Crippen molar-refractivity contribution in [3.8, 4) is 0 Å². The summed E-state index contributed by atoms with van der Waals surface area (Å²) in [5, 5.41) is 0. The van der Waals surface area contributed by atoms with Gasteiger partial charge in [-0.05, 0) is 51.4 Å². The molecule has 0 amide bonds. The minimum atomic E-state index is -0.770. The van der Waals surface area contributed by atoms with Crippen LogP contribution in [0.4, 0.5) is 0 Å². The van der Waals surface area contributed by atoms with Crippen molar-refractivity contribution in [1.29, 1.82) is 0 Å². The summed E-state index contributed by atoms with van der Waals surface area (Å²) >= 11 is 0. The minimum absolute atomic E-state index is 0.0696. The average molecular weight is 1070 g/mol. The SMILES string of the molecule is CCCCC/C=C\C/C=C\CCCCCCCCCC(=O)OC(COC(=O)CCCCCCCCC)COC(=O)CCCCCCCCCCCCCCCCCCCCCCCCCCCCCCCCCCCC. The molecular weight excluding hydrogens is 937 g/mol. The van der Waals surface area contributed by atoms with E-state index in [9.17, 15) is 14.4 Å². The van der Waals surface area contributed by atoms with Crippen molar-refractivity contribution in [2.45, 2.75) is 393 Å². The predicted octanol–water partition coefficient (Wildman–Crippen LogP) is 23.4. The van der Waals surface area contributed by atoms with Gasteiger partial charge in [0.25, 0.3) is 0 Å². The van der Waals surface area contributed by atoms with Gasteiger partial charge in [0.1, 0.15) is 13.2 Å². The second-order valence-corrected chi connectivity index (χ2v) is 23.5. The first-order valence-corrected chi connectivity index (χ1v) is 34.3. The number of ether oxygens (including phenoxy) is 3. The predicted molar refractivity (Wildman–Crippen MR) is 330 cm³/mol. The van der Waals surface area contributed by atoms with E-state index in [2.05, 4.69) is 45.1 Å². The summed E-state index contributed by atoms with van der Waals surface area (Å²) in [6, 6.07) is 0. The van der Waals surface area contributed by atoms with Crippen molar-refractivity contribution in [2.24, 2.45) is 0 Å². The first kappa shape index (κ1) is 73.9. The van der Waals surface area contributed by atoms with E-state index in [4.69, 9.17) is 14.2 Å². The third kappa shape index (κ3) is 62.7. The zero-order valence-electron chi connectivity index (χ0n) is 51.6. The van der Waals surface area contributed by atoms with Crippen LogP contribution in [0.25, 0.3) is 0 Å². The highest BCUT2D eigenvalue weighted by Crippen LogP contribution is 2.19. The quantitative estimate of drug-likeness (QED) is 0.0261. The Balaban J connectivity index is 3.92. The number of unbranched alkanes of at least 4 members (excludes halogenated alkanes) is 49. The first-order valence-electron chi connectivity index (χ1n) is 34.3. The lowest BCUT2D eigenvalue weighted by Crippen LogP contribution is -2.30. The average Bonchev–Trinajstić information content (AvgIpc) is 3.42. The van der Waals surface area contributed by atoms with Gasteiger partial charge in [-0.15, -0.1) is 0 Å². The van der Waals surface area contributed by atoms with Gasteiger partial charge in [0.05, 0.1) is 0 Å². The smallest absolute Gasteiger partial charge is 0.306 e. The number of carbonyl (C=O) groups excluding carboxylic acids is 3. The maximum Gasteiger partial charge on any atom is 0.306 e. The minimum Gasteiger partial charge on any atom is -0.462 e. The van der Waals surface area contributed by atoms with E-state index in [0.29, 0.717) is 19.3 Å². The third-order valence-electron chi connectivity index (χ3n) is 15.7. The summed E-state index contributed by atoms with van der Waals surface area (Å²) in [4.78, 5) is 38.1. The zero-order valence-corrected chi connectivity index (χ0v) is 51.6. The molecule has 0 heterocycles. The molecule has 0 saturated carbocycles. The Morgan fingerprint density at radius 2 is 0.474 bits per heavy atom. The maximum absolute atomic E-state index is 12.8. The summed E-state index contributed by atoms with van der Waals surface area (Å²) in [7, 11) is 0. The molecular formula is C70H132O6.